The molecule has 0 heterocycles. The monoisotopic (exact) mass is 389 g/mol. The van der Waals surface area contributed by atoms with Gasteiger partial charge in [0.2, 0.25) is 9.04 Å². The van der Waals surface area contributed by atoms with Crippen molar-refractivity contribution < 1.29 is 4.12 Å². The molecule has 1 aromatic rings. The van der Waals surface area contributed by atoms with Crippen LogP contribution in [0.2, 0.25) is 26.2 Å². The molecule has 99 valence electrons. The second kappa shape index (κ2) is 7.62. The Hall–Kier alpha value is 0.0838. The summed E-state index contributed by atoms with van der Waals surface area (Å²) < 4.78 is 7.36. The molecular formula is C14H22IOSi2. The summed E-state index contributed by atoms with van der Waals surface area (Å²) in [5.74, 6) is 0. The maximum Gasteiger partial charge on any atom is 0.223 e. The minimum Gasteiger partial charge on any atom is -0.453 e. The largest absolute Gasteiger partial charge is 0.453 e. The molecule has 0 aliphatic carbocycles. The van der Waals surface area contributed by atoms with Crippen LogP contribution in [-0.2, 0) is 10.5 Å². The first-order valence-corrected chi connectivity index (χ1v) is 12.8. The number of benzene rings is 1. The zero-order valence-electron chi connectivity index (χ0n) is 11.7. The number of allylic oxidation sites excluding steroid dienone is 1. The molecular weight excluding hydrogens is 367 g/mol. The van der Waals surface area contributed by atoms with Crippen molar-refractivity contribution in [2.24, 2.45) is 0 Å². The normalized spacial score (nSPS) is 12.6. The fourth-order valence-corrected chi connectivity index (χ4v) is 6.66. The fraction of sp³-hybridized carbons (Fsp3) is 0.429. The predicted octanol–water partition coefficient (Wildman–Crippen LogP) is 4.79. The van der Waals surface area contributed by atoms with Crippen molar-refractivity contribution in [3.63, 3.8) is 0 Å². The minimum absolute atomic E-state index is 0.728. The van der Waals surface area contributed by atoms with Crippen molar-refractivity contribution in [3.05, 3.63) is 45.2 Å². The molecule has 0 atom stereocenters. The van der Waals surface area contributed by atoms with Crippen molar-refractivity contribution in [3.8, 4) is 0 Å². The maximum atomic E-state index is 6.06. The maximum absolute atomic E-state index is 6.06. The lowest BCUT2D eigenvalue weighted by Crippen LogP contribution is -2.32. The Labute approximate surface area is 128 Å². The van der Waals surface area contributed by atoms with Crippen molar-refractivity contribution in [2.75, 3.05) is 0 Å². The quantitative estimate of drug-likeness (QED) is 0.502. The molecule has 0 bridgehead atoms. The number of rotatable bonds is 6. The van der Waals surface area contributed by atoms with Crippen molar-refractivity contribution in [2.45, 2.75) is 39.0 Å². The van der Waals surface area contributed by atoms with Gasteiger partial charge >= 0.3 is 0 Å². The van der Waals surface area contributed by atoms with E-state index in [1.54, 1.807) is 0 Å². The first kappa shape index (κ1) is 16.1. The van der Waals surface area contributed by atoms with Gasteiger partial charge in [0.05, 0.1) is 0 Å². The minimum atomic E-state index is -1.36. The zero-order valence-corrected chi connectivity index (χ0v) is 15.8. The molecule has 1 nitrogen and oxygen atoms in total. The summed E-state index contributed by atoms with van der Waals surface area (Å²) in [4.78, 5) is 0. The topological polar surface area (TPSA) is 9.23 Å². The van der Waals surface area contributed by atoms with E-state index in [-0.39, 0.29) is 0 Å². The van der Waals surface area contributed by atoms with E-state index >= 15 is 0 Å². The van der Waals surface area contributed by atoms with Crippen LogP contribution in [-0.4, -0.2) is 17.4 Å². The van der Waals surface area contributed by atoms with Crippen molar-refractivity contribution in [1.29, 1.82) is 0 Å². The smallest absolute Gasteiger partial charge is 0.223 e. The molecule has 0 aliphatic heterocycles. The highest BCUT2D eigenvalue weighted by Gasteiger charge is 2.17. The van der Waals surface area contributed by atoms with E-state index in [1.807, 2.05) is 0 Å². The van der Waals surface area contributed by atoms with E-state index in [2.05, 4.69) is 84.8 Å². The summed E-state index contributed by atoms with van der Waals surface area (Å²) in [5, 5.41) is 0. The second-order valence-corrected chi connectivity index (χ2v) is 13.2. The zero-order chi connectivity index (χ0) is 13.6. The number of aryl methyl sites for hydroxylation is 1. The molecule has 0 N–H and O–H groups in total. The standard InChI is InChI=1S/C14H22IOSi2/c1-17(16-18(2,3)4)12-6-5-7-13-8-10-14(15)11-9-13/h6,8-12H,5,7H2,1-4H3/b12-6+. The second-order valence-electron chi connectivity index (χ2n) is 5.39. The fourth-order valence-electron chi connectivity index (χ4n) is 1.67. The van der Waals surface area contributed by atoms with Crippen LogP contribution < -0.4 is 0 Å². The SMILES string of the molecule is C[Si](/C=C/CCc1ccc(I)cc1)O[Si](C)(C)C. The Bertz CT molecular complexity index is 382. The molecule has 0 unspecified atom stereocenters. The highest BCUT2D eigenvalue weighted by molar-refractivity contribution is 14.1. The molecule has 0 spiro atoms. The first-order chi connectivity index (χ1) is 8.37. The Balaban J connectivity index is 2.31. The molecule has 1 aromatic carbocycles. The average molecular weight is 389 g/mol. The van der Waals surface area contributed by atoms with Crippen LogP contribution in [0.5, 0.6) is 0 Å². The lowest BCUT2D eigenvalue weighted by atomic mass is 10.1. The van der Waals surface area contributed by atoms with Gasteiger partial charge < -0.3 is 4.12 Å². The third kappa shape index (κ3) is 7.50. The molecule has 18 heavy (non-hydrogen) atoms. The highest BCUT2D eigenvalue weighted by atomic mass is 127. The van der Waals surface area contributed by atoms with Crippen molar-refractivity contribution in [1.82, 2.24) is 0 Å². The molecule has 0 aromatic heterocycles. The molecule has 0 aliphatic rings. The van der Waals surface area contributed by atoms with E-state index in [9.17, 15) is 0 Å². The van der Waals surface area contributed by atoms with Gasteiger partial charge in [0.15, 0.2) is 8.32 Å². The van der Waals surface area contributed by atoms with Gasteiger partial charge in [-0.1, -0.05) is 23.9 Å². The van der Waals surface area contributed by atoms with Gasteiger partial charge in [-0.05, 0) is 79.3 Å². The van der Waals surface area contributed by atoms with Gasteiger partial charge in [0.1, 0.15) is 0 Å². The van der Waals surface area contributed by atoms with Crippen LogP contribution in [0.4, 0.5) is 0 Å². The Kier molecular flexibility index (Phi) is 6.83. The van der Waals surface area contributed by atoms with E-state index in [0.29, 0.717) is 0 Å². The molecule has 0 saturated carbocycles. The lowest BCUT2D eigenvalue weighted by Gasteiger charge is -2.20. The molecule has 1 rings (SSSR count). The van der Waals surface area contributed by atoms with Gasteiger partial charge in [0.25, 0.3) is 0 Å². The predicted molar refractivity (Wildman–Crippen MR) is 92.7 cm³/mol. The van der Waals surface area contributed by atoms with Crippen LogP contribution in [0.25, 0.3) is 0 Å². The average Bonchev–Trinajstić information content (AvgIpc) is 2.24. The van der Waals surface area contributed by atoms with Crippen LogP contribution in [0, 0.1) is 3.57 Å². The Morgan fingerprint density at radius 1 is 1.22 bits per heavy atom. The molecule has 1 radical (unpaired) electrons. The lowest BCUT2D eigenvalue weighted by molar-refractivity contribution is 0.587. The van der Waals surface area contributed by atoms with E-state index in [0.717, 1.165) is 12.8 Å². The van der Waals surface area contributed by atoms with Gasteiger partial charge in [-0.3, -0.25) is 0 Å². The Morgan fingerprint density at radius 3 is 2.39 bits per heavy atom. The highest BCUT2D eigenvalue weighted by Crippen LogP contribution is 2.09. The number of hydrogen-bond acceptors (Lipinski definition) is 1. The summed E-state index contributed by atoms with van der Waals surface area (Å²) >= 11 is 2.34. The summed E-state index contributed by atoms with van der Waals surface area (Å²) in [6, 6.07) is 8.77. The van der Waals surface area contributed by atoms with Crippen LogP contribution in [0.3, 0.4) is 0 Å². The van der Waals surface area contributed by atoms with Gasteiger partial charge in [-0.25, -0.2) is 0 Å². The summed E-state index contributed by atoms with van der Waals surface area (Å²) in [6.07, 6.45) is 4.51. The molecule has 0 amide bonds. The van der Waals surface area contributed by atoms with Gasteiger partial charge in [-0.2, -0.15) is 0 Å². The first-order valence-electron chi connectivity index (χ1n) is 6.30. The van der Waals surface area contributed by atoms with Crippen LogP contribution >= 0.6 is 22.6 Å². The van der Waals surface area contributed by atoms with Gasteiger partial charge in [-0.15, -0.1) is 0 Å². The molecule has 4 heteroatoms. The third-order valence-electron chi connectivity index (χ3n) is 2.33. The van der Waals surface area contributed by atoms with Crippen LogP contribution in [0.15, 0.2) is 36.0 Å². The molecule has 0 saturated heterocycles. The van der Waals surface area contributed by atoms with Gasteiger partial charge in [0, 0.05) is 3.57 Å². The van der Waals surface area contributed by atoms with E-state index in [1.165, 1.54) is 9.13 Å². The third-order valence-corrected chi connectivity index (χ3v) is 7.49. The number of hydrogen-bond donors (Lipinski definition) is 0. The van der Waals surface area contributed by atoms with E-state index < -0.39 is 17.4 Å². The summed E-state index contributed by atoms with van der Waals surface area (Å²) in [7, 11) is -2.09. The number of halogens is 1. The van der Waals surface area contributed by atoms with Crippen molar-refractivity contribution >= 4 is 39.9 Å². The summed E-state index contributed by atoms with van der Waals surface area (Å²) in [5.41, 5.74) is 3.70. The molecule has 0 fully saturated rings. The Morgan fingerprint density at radius 2 is 1.83 bits per heavy atom. The summed E-state index contributed by atoms with van der Waals surface area (Å²) in [6.45, 7) is 8.98. The van der Waals surface area contributed by atoms with E-state index in [4.69, 9.17) is 4.12 Å². The van der Waals surface area contributed by atoms with Crippen LogP contribution in [0.1, 0.15) is 12.0 Å².